The van der Waals surface area contributed by atoms with Gasteiger partial charge in [-0.05, 0) is 33.6 Å². The maximum absolute atomic E-state index is 11.9. The first-order chi connectivity index (χ1) is 6.82. The van der Waals surface area contributed by atoms with Gasteiger partial charge < -0.3 is 4.55 Å². The third kappa shape index (κ3) is 3.47. The van der Waals surface area contributed by atoms with Gasteiger partial charge in [0, 0.05) is 23.7 Å². The van der Waals surface area contributed by atoms with Gasteiger partial charge in [-0.2, -0.15) is 0 Å². The fourth-order valence-corrected chi connectivity index (χ4v) is 2.62. The monoisotopic (exact) mass is 231 g/mol. The van der Waals surface area contributed by atoms with Crippen molar-refractivity contribution in [3.8, 4) is 0 Å². The third-order valence-electron chi connectivity index (χ3n) is 2.86. The van der Waals surface area contributed by atoms with Crippen LogP contribution in [0, 0.1) is 5.92 Å². The lowest BCUT2D eigenvalue weighted by Gasteiger charge is -2.32. The lowest BCUT2D eigenvalue weighted by atomic mass is 9.85. The summed E-state index contributed by atoms with van der Waals surface area (Å²) in [5.74, 6) is 0.301. The second kappa shape index (κ2) is 4.85. The zero-order valence-electron chi connectivity index (χ0n) is 10.0. The van der Waals surface area contributed by atoms with Gasteiger partial charge in [-0.25, -0.2) is 0 Å². The molecule has 3 atom stereocenters. The molecule has 2 unspecified atom stereocenters. The van der Waals surface area contributed by atoms with Crippen LogP contribution in [-0.4, -0.2) is 21.1 Å². The Morgan fingerprint density at radius 1 is 1.47 bits per heavy atom. The van der Waals surface area contributed by atoms with E-state index in [1.165, 1.54) is 0 Å². The summed E-state index contributed by atoms with van der Waals surface area (Å²) in [6, 6.07) is 0.0892. The molecule has 0 saturated heterocycles. The number of carbonyl (C=O) groups excluding carboxylic acids is 1. The van der Waals surface area contributed by atoms with E-state index in [4.69, 9.17) is 0 Å². The molecule has 0 bridgehead atoms. The Hall–Kier alpha value is -0.0600. The molecule has 3 nitrogen and oxygen atoms in total. The van der Waals surface area contributed by atoms with Crippen LogP contribution >= 0.6 is 0 Å². The smallest absolute Gasteiger partial charge is 0.137 e. The van der Waals surface area contributed by atoms with Crippen molar-refractivity contribution in [1.82, 2.24) is 4.72 Å². The maximum Gasteiger partial charge on any atom is 0.137 e. The van der Waals surface area contributed by atoms with Crippen LogP contribution < -0.4 is 4.72 Å². The molecule has 1 aliphatic carbocycles. The van der Waals surface area contributed by atoms with Crippen LogP contribution in [0.3, 0.4) is 0 Å². The summed E-state index contributed by atoms with van der Waals surface area (Å²) in [4.78, 5) is 11.5. The average Bonchev–Trinajstić information content (AvgIpc) is 2.11. The molecule has 0 spiro atoms. The van der Waals surface area contributed by atoms with E-state index < -0.39 is 11.4 Å². The standard InChI is InChI=1S/C11H21NO2S/c1-8-9(6-5-7-10(8)13)12-15(14)11(2,3)4/h8-9,12H,5-7H2,1-4H3/t8-,9?,15?/m0/s1. The van der Waals surface area contributed by atoms with Crippen LogP contribution in [0.4, 0.5) is 0 Å². The molecule has 0 aliphatic heterocycles. The lowest BCUT2D eigenvalue weighted by molar-refractivity contribution is -0.124. The van der Waals surface area contributed by atoms with Crippen molar-refractivity contribution >= 4 is 17.1 Å². The minimum atomic E-state index is -1.07. The third-order valence-corrected chi connectivity index (χ3v) is 4.49. The highest BCUT2D eigenvalue weighted by Crippen LogP contribution is 2.23. The Morgan fingerprint density at radius 2 is 2.07 bits per heavy atom. The average molecular weight is 231 g/mol. The van der Waals surface area contributed by atoms with Gasteiger partial charge in [0.05, 0.1) is 6.04 Å². The van der Waals surface area contributed by atoms with Crippen molar-refractivity contribution in [3.05, 3.63) is 0 Å². The van der Waals surface area contributed by atoms with Gasteiger partial charge in [0.25, 0.3) is 0 Å². The molecule has 4 heteroatoms. The van der Waals surface area contributed by atoms with Crippen LogP contribution in [0.5, 0.6) is 0 Å². The Balaban J connectivity index is 2.54. The molecule has 0 amide bonds. The van der Waals surface area contributed by atoms with E-state index >= 15 is 0 Å². The molecule has 1 saturated carbocycles. The van der Waals surface area contributed by atoms with E-state index in [0.29, 0.717) is 12.2 Å². The summed E-state index contributed by atoms with van der Waals surface area (Å²) in [6.07, 6.45) is 2.55. The summed E-state index contributed by atoms with van der Waals surface area (Å²) < 4.78 is 14.7. The predicted octanol–water partition coefficient (Wildman–Crippen LogP) is 1.80. The molecule has 0 heterocycles. The number of Topliss-reactive ketones (excluding diaryl/α,β-unsaturated/α-hetero) is 1. The van der Waals surface area contributed by atoms with Gasteiger partial charge >= 0.3 is 0 Å². The van der Waals surface area contributed by atoms with Crippen LogP contribution in [0.15, 0.2) is 0 Å². The summed E-state index contributed by atoms with van der Waals surface area (Å²) in [7, 11) is 0. The molecule has 0 aromatic heterocycles. The molecule has 0 radical (unpaired) electrons. The van der Waals surface area contributed by atoms with Crippen molar-refractivity contribution in [2.24, 2.45) is 5.92 Å². The van der Waals surface area contributed by atoms with E-state index in [2.05, 4.69) is 4.72 Å². The van der Waals surface area contributed by atoms with Gasteiger partial charge in [-0.3, -0.25) is 4.79 Å². The summed E-state index contributed by atoms with van der Waals surface area (Å²) >= 11 is -1.07. The van der Waals surface area contributed by atoms with Gasteiger partial charge in [0.1, 0.15) is 10.5 Å². The van der Waals surface area contributed by atoms with Gasteiger partial charge in [-0.1, -0.05) is 6.92 Å². The maximum atomic E-state index is 11.9. The topological polar surface area (TPSA) is 52.2 Å². The summed E-state index contributed by atoms with van der Waals surface area (Å²) in [6.45, 7) is 7.74. The molecular weight excluding hydrogens is 210 g/mol. The normalized spacial score (nSPS) is 30.3. The van der Waals surface area contributed by atoms with Crippen LogP contribution in [0.25, 0.3) is 0 Å². The second-order valence-corrected chi connectivity index (χ2v) is 7.25. The van der Waals surface area contributed by atoms with E-state index in [9.17, 15) is 9.35 Å². The number of ketones is 1. The van der Waals surface area contributed by atoms with Crippen molar-refractivity contribution in [3.63, 3.8) is 0 Å². The van der Waals surface area contributed by atoms with Crippen molar-refractivity contribution in [1.29, 1.82) is 0 Å². The highest BCUT2D eigenvalue weighted by atomic mass is 32.2. The first-order valence-corrected chi connectivity index (χ1v) is 6.68. The largest absolute Gasteiger partial charge is 0.598 e. The van der Waals surface area contributed by atoms with E-state index in [-0.39, 0.29) is 16.7 Å². The molecule has 88 valence electrons. The lowest BCUT2D eigenvalue weighted by Crippen LogP contribution is -2.49. The fraction of sp³-hybridized carbons (Fsp3) is 0.909. The Kier molecular flexibility index (Phi) is 4.20. The molecule has 15 heavy (non-hydrogen) atoms. The van der Waals surface area contributed by atoms with E-state index in [1.54, 1.807) is 0 Å². The zero-order valence-corrected chi connectivity index (χ0v) is 10.8. The fourth-order valence-electron chi connectivity index (χ4n) is 1.67. The zero-order chi connectivity index (χ0) is 11.6. The molecule has 1 fully saturated rings. The minimum absolute atomic E-state index is 0.00468. The van der Waals surface area contributed by atoms with Crippen molar-refractivity contribution < 1.29 is 9.35 Å². The highest BCUT2D eigenvalue weighted by molar-refractivity contribution is 7.90. The molecule has 0 aromatic rings. The number of rotatable bonds is 2. The second-order valence-electron chi connectivity index (χ2n) is 5.25. The predicted molar refractivity (Wildman–Crippen MR) is 62.8 cm³/mol. The van der Waals surface area contributed by atoms with Crippen LogP contribution in [-0.2, 0) is 16.2 Å². The first kappa shape index (κ1) is 13.0. The molecule has 1 rings (SSSR count). The van der Waals surface area contributed by atoms with Gasteiger partial charge in [-0.15, -0.1) is 4.72 Å². The Labute approximate surface area is 95.3 Å². The highest BCUT2D eigenvalue weighted by Gasteiger charge is 2.35. The Morgan fingerprint density at radius 3 is 2.60 bits per heavy atom. The summed E-state index contributed by atoms with van der Waals surface area (Å²) in [5.41, 5.74) is 0. The molecule has 1 N–H and O–H groups in total. The number of hydrogen-bond donors (Lipinski definition) is 1. The van der Waals surface area contributed by atoms with Gasteiger partial charge in [0.2, 0.25) is 0 Å². The number of nitrogens with one attached hydrogen (secondary N) is 1. The molecular formula is C11H21NO2S. The van der Waals surface area contributed by atoms with E-state index in [1.807, 2.05) is 27.7 Å². The van der Waals surface area contributed by atoms with Crippen molar-refractivity contribution in [2.75, 3.05) is 0 Å². The number of hydrogen-bond acceptors (Lipinski definition) is 3. The Bertz CT molecular complexity index is 237. The van der Waals surface area contributed by atoms with Crippen LogP contribution in [0.1, 0.15) is 47.0 Å². The SMILES string of the molecule is C[C@@H]1C(=O)CCCC1N[S+]([O-])C(C)(C)C. The van der Waals surface area contributed by atoms with E-state index in [0.717, 1.165) is 12.8 Å². The van der Waals surface area contributed by atoms with Crippen LogP contribution in [0.2, 0.25) is 0 Å². The number of carbonyl (C=O) groups is 1. The molecule has 1 aliphatic rings. The quantitative estimate of drug-likeness (QED) is 0.737. The first-order valence-electron chi connectivity index (χ1n) is 5.53. The minimum Gasteiger partial charge on any atom is -0.598 e. The van der Waals surface area contributed by atoms with Crippen molar-refractivity contribution in [2.45, 2.75) is 57.7 Å². The van der Waals surface area contributed by atoms with Gasteiger partial charge in [0.15, 0.2) is 0 Å². The molecule has 0 aromatic carbocycles. The summed E-state index contributed by atoms with van der Waals surface area (Å²) in [5, 5.41) is 0.